The van der Waals surface area contributed by atoms with E-state index in [1.54, 1.807) is 30.5 Å². The van der Waals surface area contributed by atoms with E-state index in [-0.39, 0.29) is 23.2 Å². The Morgan fingerprint density at radius 2 is 1.92 bits per heavy atom. The van der Waals surface area contributed by atoms with Gasteiger partial charge in [0.2, 0.25) is 10.0 Å². The minimum Gasteiger partial charge on any atom is -0.345 e. The second kappa shape index (κ2) is 8.80. The van der Waals surface area contributed by atoms with Gasteiger partial charge in [-0.1, -0.05) is 0 Å². The van der Waals surface area contributed by atoms with Gasteiger partial charge in [-0.2, -0.15) is 4.31 Å². The molecule has 1 unspecified atom stereocenters. The maximum atomic E-state index is 12.8. The van der Waals surface area contributed by atoms with Crippen LogP contribution in [0, 0.1) is 5.92 Å². The molecular weight excluding hydrogens is 350 g/mol. The van der Waals surface area contributed by atoms with Gasteiger partial charge in [0.15, 0.2) is 0 Å². The van der Waals surface area contributed by atoms with Crippen LogP contribution >= 0.6 is 12.4 Å². The van der Waals surface area contributed by atoms with Gasteiger partial charge in [-0.05, 0) is 56.6 Å². The molecule has 1 atom stereocenters. The summed E-state index contributed by atoms with van der Waals surface area (Å²) in [5, 5.41) is 3.12. The topological polar surface area (TPSA) is 69.7 Å². The monoisotopic (exact) mass is 375 g/mol. The zero-order valence-electron chi connectivity index (χ0n) is 14.4. The van der Waals surface area contributed by atoms with Gasteiger partial charge in [0, 0.05) is 32.7 Å². The largest absolute Gasteiger partial charge is 0.345 e. The molecule has 0 spiro atoms. The second-order valence-electron chi connectivity index (χ2n) is 6.15. The molecule has 0 bridgehead atoms. The smallest absolute Gasteiger partial charge is 0.253 e. The van der Waals surface area contributed by atoms with E-state index in [0.717, 1.165) is 19.4 Å². The standard InChI is InChI=1S/C16H25N3O3S.ClH/c1-17-11-13-5-4-10-19(12-13)23(21,22)15-8-6-14(7-9-15)16(20)18(2)3;/h6-9,13,17H,4-5,10-12H2,1-3H3;1H. The minimum atomic E-state index is -3.50. The number of carbonyl (C=O) groups excluding carboxylic acids is 1. The molecule has 1 saturated heterocycles. The van der Waals surface area contributed by atoms with Gasteiger partial charge in [-0.25, -0.2) is 8.42 Å². The number of halogens is 1. The number of hydrogen-bond donors (Lipinski definition) is 1. The lowest BCUT2D eigenvalue weighted by molar-refractivity contribution is 0.0827. The summed E-state index contributed by atoms with van der Waals surface area (Å²) in [6.45, 7) is 1.92. The number of nitrogens with one attached hydrogen (secondary N) is 1. The van der Waals surface area contributed by atoms with Crippen molar-refractivity contribution >= 4 is 28.3 Å². The third-order valence-electron chi connectivity index (χ3n) is 4.12. The molecule has 6 nitrogen and oxygen atoms in total. The Balaban J connectivity index is 0.00000288. The number of piperidine rings is 1. The Bertz CT molecular complexity index is 645. The molecule has 0 saturated carbocycles. The van der Waals surface area contributed by atoms with Crippen molar-refractivity contribution < 1.29 is 13.2 Å². The van der Waals surface area contributed by atoms with Crippen LogP contribution in [0.5, 0.6) is 0 Å². The SMILES string of the molecule is CNCC1CCCN(S(=O)(=O)c2ccc(C(=O)N(C)C)cc2)C1.Cl. The van der Waals surface area contributed by atoms with Crippen molar-refractivity contribution in [1.82, 2.24) is 14.5 Å². The van der Waals surface area contributed by atoms with Gasteiger partial charge < -0.3 is 10.2 Å². The van der Waals surface area contributed by atoms with E-state index in [4.69, 9.17) is 0 Å². The predicted octanol–water partition coefficient (Wildman–Crippen LogP) is 1.43. The zero-order chi connectivity index (χ0) is 17.0. The first-order chi connectivity index (χ1) is 10.9. The first kappa shape index (κ1) is 20.9. The molecule has 1 fully saturated rings. The lowest BCUT2D eigenvalue weighted by atomic mass is 10.00. The molecule has 1 amide bonds. The van der Waals surface area contributed by atoms with E-state index in [1.165, 1.54) is 17.0 Å². The predicted molar refractivity (Wildman–Crippen MR) is 97.1 cm³/mol. The third-order valence-corrected chi connectivity index (χ3v) is 6.00. The van der Waals surface area contributed by atoms with Gasteiger partial charge in [0.1, 0.15) is 0 Å². The maximum absolute atomic E-state index is 12.8. The summed E-state index contributed by atoms with van der Waals surface area (Å²) >= 11 is 0. The van der Waals surface area contributed by atoms with Crippen LogP contribution in [0.15, 0.2) is 29.2 Å². The fourth-order valence-corrected chi connectivity index (χ4v) is 4.43. The summed E-state index contributed by atoms with van der Waals surface area (Å²) in [6.07, 6.45) is 1.92. The number of nitrogens with zero attached hydrogens (tertiary/aromatic N) is 2. The summed E-state index contributed by atoms with van der Waals surface area (Å²) in [6, 6.07) is 6.19. The molecule has 0 radical (unpaired) electrons. The molecule has 1 N–H and O–H groups in total. The summed E-state index contributed by atoms with van der Waals surface area (Å²) in [7, 11) is 1.73. The summed E-state index contributed by atoms with van der Waals surface area (Å²) < 4.78 is 27.1. The van der Waals surface area contributed by atoms with Crippen LogP contribution < -0.4 is 5.32 Å². The van der Waals surface area contributed by atoms with Crippen molar-refractivity contribution in [2.24, 2.45) is 5.92 Å². The van der Waals surface area contributed by atoms with Crippen LogP contribution in [0.3, 0.4) is 0 Å². The Morgan fingerprint density at radius 3 is 2.46 bits per heavy atom. The molecular formula is C16H26ClN3O3S. The fraction of sp³-hybridized carbons (Fsp3) is 0.562. The minimum absolute atomic E-state index is 0. The lowest BCUT2D eigenvalue weighted by Gasteiger charge is -2.31. The second-order valence-corrected chi connectivity index (χ2v) is 8.09. The first-order valence-corrected chi connectivity index (χ1v) is 9.26. The van der Waals surface area contributed by atoms with Gasteiger partial charge in [-0.3, -0.25) is 4.79 Å². The summed E-state index contributed by atoms with van der Waals surface area (Å²) in [5.41, 5.74) is 0.487. The molecule has 2 rings (SSSR count). The van der Waals surface area contributed by atoms with E-state index in [1.807, 2.05) is 7.05 Å². The van der Waals surface area contributed by atoms with Crippen LogP contribution in [0.4, 0.5) is 0 Å². The molecule has 8 heteroatoms. The molecule has 24 heavy (non-hydrogen) atoms. The van der Waals surface area contributed by atoms with Crippen molar-refractivity contribution in [2.75, 3.05) is 40.8 Å². The normalized spacial score (nSPS) is 18.7. The van der Waals surface area contributed by atoms with E-state index >= 15 is 0 Å². The average molecular weight is 376 g/mol. The van der Waals surface area contributed by atoms with Gasteiger partial charge >= 0.3 is 0 Å². The van der Waals surface area contributed by atoms with Gasteiger partial charge in [0.05, 0.1) is 4.90 Å². The Hall–Kier alpha value is -1.15. The van der Waals surface area contributed by atoms with Crippen LogP contribution in [0.25, 0.3) is 0 Å². The molecule has 1 aliphatic heterocycles. The number of sulfonamides is 1. The van der Waals surface area contributed by atoms with Crippen LogP contribution in [-0.4, -0.2) is 64.3 Å². The van der Waals surface area contributed by atoms with Crippen LogP contribution in [0.2, 0.25) is 0 Å². The van der Waals surface area contributed by atoms with Crippen LogP contribution in [-0.2, 0) is 10.0 Å². The van der Waals surface area contributed by atoms with E-state index in [9.17, 15) is 13.2 Å². The van der Waals surface area contributed by atoms with Crippen molar-refractivity contribution in [3.63, 3.8) is 0 Å². The highest BCUT2D eigenvalue weighted by atomic mass is 35.5. The molecule has 1 aliphatic rings. The Morgan fingerprint density at radius 1 is 1.29 bits per heavy atom. The number of rotatable bonds is 5. The van der Waals surface area contributed by atoms with E-state index in [0.29, 0.717) is 24.6 Å². The Labute approximate surface area is 150 Å². The number of benzene rings is 1. The zero-order valence-corrected chi connectivity index (χ0v) is 16.0. The fourth-order valence-electron chi connectivity index (χ4n) is 2.88. The van der Waals surface area contributed by atoms with Crippen LogP contribution in [0.1, 0.15) is 23.2 Å². The van der Waals surface area contributed by atoms with Gasteiger partial charge in [0.25, 0.3) is 5.91 Å². The highest BCUT2D eigenvalue weighted by molar-refractivity contribution is 7.89. The Kier molecular flexibility index (Phi) is 7.66. The molecule has 1 aromatic carbocycles. The van der Waals surface area contributed by atoms with E-state index in [2.05, 4.69) is 5.32 Å². The first-order valence-electron chi connectivity index (χ1n) is 7.82. The molecule has 0 aliphatic carbocycles. The molecule has 136 valence electrons. The number of amides is 1. The molecule has 1 aromatic rings. The molecule has 0 aromatic heterocycles. The molecule has 1 heterocycles. The number of carbonyl (C=O) groups is 1. The van der Waals surface area contributed by atoms with Gasteiger partial charge in [-0.15, -0.1) is 12.4 Å². The average Bonchev–Trinajstić information content (AvgIpc) is 2.55. The highest BCUT2D eigenvalue weighted by Gasteiger charge is 2.30. The van der Waals surface area contributed by atoms with Crippen molar-refractivity contribution in [3.05, 3.63) is 29.8 Å². The summed E-state index contributed by atoms with van der Waals surface area (Å²) in [5.74, 6) is 0.208. The van der Waals surface area contributed by atoms with Crippen molar-refractivity contribution in [3.8, 4) is 0 Å². The lowest BCUT2D eigenvalue weighted by Crippen LogP contribution is -2.42. The quantitative estimate of drug-likeness (QED) is 0.845. The van der Waals surface area contributed by atoms with E-state index < -0.39 is 10.0 Å². The van der Waals surface area contributed by atoms with Crippen molar-refractivity contribution in [1.29, 1.82) is 0 Å². The maximum Gasteiger partial charge on any atom is 0.253 e. The number of hydrogen-bond acceptors (Lipinski definition) is 4. The summed E-state index contributed by atoms with van der Waals surface area (Å²) in [4.78, 5) is 13.6. The highest BCUT2D eigenvalue weighted by Crippen LogP contribution is 2.23. The third kappa shape index (κ3) is 4.69. The van der Waals surface area contributed by atoms with Crippen molar-refractivity contribution in [2.45, 2.75) is 17.7 Å².